The highest BCUT2D eigenvalue weighted by Gasteiger charge is 2.47. The molecule has 0 unspecified atom stereocenters. The zero-order valence-electron chi connectivity index (χ0n) is 16.5. The van der Waals surface area contributed by atoms with Crippen LogP contribution in [0.2, 0.25) is 0 Å². The molecule has 0 amide bonds. The summed E-state index contributed by atoms with van der Waals surface area (Å²) in [6, 6.07) is 1.91. The quantitative estimate of drug-likeness (QED) is 0.691. The molecule has 0 N–H and O–H groups in total. The van der Waals surface area contributed by atoms with Gasteiger partial charge in [-0.3, -0.25) is 0 Å². The van der Waals surface area contributed by atoms with Crippen LogP contribution in [0, 0.1) is 17.3 Å². The van der Waals surface area contributed by atoms with Gasteiger partial charge in [0.1, 0.15) is 23.7 Å². The van der Waals surface area contributed by atoms with E-state index in [0.29, 0.717) is 30.3 Å². The Morgan fingerprint density at radius 3 is 2.83 bits per heavy atom. The number of methoxy groups -OCH3 is 1. The van der Waals surface area contributed by atoms with Crippen molar-refractivity contribution in [3.8, 4) is 29.0 Å². The van der Waals surface area contributed by atoms with E-state index in [9.17, 15) is 0 Å². The van der Waals surface area contributed by atoms with Gasteiger partial charge < -0.3 is 18.9 Å². The summed E-state index contributed by atoms with van der Waals surface area (Å²) in [7, 11) is 1.62. The maximum atomic E-state index is 6.06. The standard InChI is InChI=1S/C21H24N4O4/c1-26-8-2-3-15-9-18(29-16-4-5-16)20(22-10-15)17-11-25(24-23-17)12-19-27-13-21(6-7-21)14-28-19/h9-11,16,19H,4-8,12-14H2,1H3. The molecule has 2 aromatic rings. The fourth-order valence-corrected chi connectivity index (χ4v) is 3.22. The van der Waals surface area contributed by atoms with E-state index in [1.54, 1.807) is 18.0 Å². The molecular weight excluding hydrogens is 372 g/mol. The molecule has 0 atom stereocenters. The Morgan fingerprint density at radius 1 is 1.28 bits per heavy atom. The number of nitrogens with zero attached hydrogens (tertiary/aromatic N) is 4. The lowest BCUT2D eigenvalue weighted by atomic mass is 10.1. The molecule has 0 aromatic carbocycles. The molecule has 5 rings (SSSR count). The van der Waals surface area contributed by atoms with Crippen molar-refractivity contribution in [3.63, 3.8) is 0 Å². The first-order valence-corrected chi connectivity index (χ1v) is 10.0. The number of aromatic nitrogens is 4. The van der Waals surface area contributed by atoms with E-state index in [4.69, 9.17) is 18.9 Å². The lowest BCUT2D eigenvalue weighted by Gasteiger charge is -2.29. The fourth-order valence-electron chi connectivity index (χ4n) is 3.22. The SMILES string of the molecule is COCC#Cc1cnc(-c2cn(CC3OCC4(CC4)CO3)nn2)c(OC2CC2)c1. The minimum absolute atomic E-state index is 0.242. The van der Waals surface area contributed by atoms with Crippen molar-refractivity contribution in [1.29, 1.82) is 0 Å². The third kappa shape index (κ3) is 4.42. The second-order valence-electron chi connectivity index (χ2n) is 8.00. The predicted molar refractivity (Wildman–Crippen MR) is 103 cm³/mol. The molecular formula is C21H24N4O4. The van der Waals surface area contributed by atoms with Crippen LogP contribution < -0.4 is 4.74 Å². The van der Waals surface area contributed by atoms with Crippen molar-refractivity contribution in [2.75, 3.05) is 26.9 Å². The average molecular weight is 396 g/mol. The highest BCUT2D eigenvalue weighted by Crippen LogP contribution is 2.48. The molecule has 1 aliphatic heterocycles. The monoisotopic (exact) mass is 396 g/mol. The summed E-state index contributed by atoms with van der Waals surface area (Å²) in [6.45, 7) is 2.42. The Balaban J connectivity index is 1.31. The smallest absolute Gasteiger partial charge is 0.177 e. The second-order valence-corrected chi connectivity index (χ2v) is 8.00. The average Bonchev–Trinajstić information content (AvgIpc) is 3.65. The Bertz CT molecular complexity index is 930. The van der Waals surface area contributed by atoms with E-state index in [1.165, 1.54) is 12.8 Å². The van der Waals surface area contributed by atoms with E-state index < -0.39 is 0 Å². The van der Waals surface area contributed by atoms with Crippen LogP contribution in [0.25, 0.3) is 11.4 Å². The lowest BCUT2D eigenvalue weighted by Crippen LogP contribution is -2.36. The second kappa shape index (κ2) is 7.75. The minimum atomic E-state index is -0.288. The van der Waals surface area contributed by atoms with Gasteiger partial charge in [0.05, 0.1) is 32.1 Å². The first-order valence-electron chi connectivity index (χ1n) is 10.0. The summed E-state index contributed by atoms with van der Waals surface area (Å²) < 4.78 is 24.5. The van der Waals surface area contributed by atoms with Crippen LogP contribution in [0.15, 0.2) is 18.5 Å². The van der Waals surface area contributed by atoms with Gasteiger partial charge in [0.25, 0.3) is 0 Å². The van der Waals surface area contributed by atoms with Gasteiger partial charge in [-0.2, -0.15) is 0 Å². The van der Waals surface area contributed by atoms with Crippen molar-refractivity contribution in [2.45, 2.75) is 44.6 Å². The van der Waals surface area contributed by atoms with Crippen LogP contribution in [-0.2, 0) is 20.8 Å². The normalized spacial score (nSPS) is 20.3. The molecule has 2 aromatic heterocycles. The summed E-state index contributed by atoms with van der Waals surface area (Å²) in [6.07, 6.45) is 8.05. The van der Waals surface area contributed by atoms with Gasteiger partial charge in [-0.05, 0) is 31.7 Å². The molecule has 152 valence electrons. The van der Waals surface area contributed by atoms with Crippen LogP contribution in [0.4, 0.5) is 0 Å². The molecule has 29 heavy (non-hydrogen) atoms. The fraction of sp³-hybridized carbons (Fsp3) is 0.571. The summed E-state index contributed by atoms with van der Waals surface area (Å²) in [4.78, 5) is 4.55. The summed E-state index contributed by atoms with van der Waals surface area (Å²) in [5.41, 5.74) is 2.40. The highest BCUT2D eigenvalue weighted by atomic mass is 16.7. The molecule has 3 aliphatic rings. The number of hydrogen-bond donors (Lipinski definition) is 0. The van der Waals surface area contributed by atoms with Gasteiger partial charge in [-0.1, -0.05) is 17.1 Å². The lowest BCUT2D eigenvalue weighted by molar-refractivity contribution is -0.213. The molecule has 3 fully saturated rings. The van der Waals surface area contributed by atoms with Gasteiger partial charge in [0, 0.05) is 24.3 Å². The minimum Gasteiger partial charge on any atom is -0.488 e. The highest BCUT2D eigenvalue weighted by molar-refractivity contribution is 5.63. The van der Waals surface area contributed by atoms with Crippen molar-refractivity contribution in [1.82, 2.24) is 20.0 Å². The maximum absolute atomic E-state index is 6.06. The predicted octanol–water partition coefficient (Wildman–Crippen LogP) is 2.03. The number of pyridine rings is 1. The van der Waals surface area contributed by atoms with Crippen molar-refractivity contribution in [3.05, 3.63) is 24.0 Å². The van der Waals surface area contributed by atoms with Crippen LogP contribution in [0.3, 0.4) is 0 Å². The molecule has 3 heterocycles. The molecule has 2 aliphatic carbocycles. The molecule has 1 saturated heterocycles. The summed E-state index contributed by atoms with van der Waals surface area (Å²) in [5.74, 6) is 6.66. The summed E-state index contributed by atoms with van der Waals surface area (Å²) in [5, 5.41) is 8.51. The van der Waals surface area contributed by atoms with E-state index in [1.807, 2.05) is 12.3 Å². The Morgan fingerprint density at radius 2 is 2.10 bits per heavy atom. The van der Waals surface area contributed by atoms with Crippen molar-refractivity contribution < 1.29 is 18.9 Å². The zero-order chi connectivity index (χ0) is 19.7. The van der Waals surface area contributed by atoms with Gasteiger partial charge in [-0.25, -0.2) is 9.67 Å². The van der Waals surface area contributed by atoms with Crippen LogP contribution in [0.1, 0.15) is 31.2 Å². The topological polar surface area (TPSA) is 80.5 Å². The van der Waals surface area contributed by atoms with E-state index in [-0.39, 0.29) is 17.8 Å². The number of ether oxygens (including phenoxy) is 4. The summed E-state index contributed by atoms with van der Waals surface area (Å²) >= 11 is 0. The van der Waals surface area contributed by atoms with Crippen molar-refractivity contribution in [2.24, 2.45) is 5.41 Å². The molecule has 0 radical (unpaired) electrons. The van der Waals surface area contributed by atoms with Crippen LogP contribution in [-0.4, -0.2) is 59.3 Å². The van der Waals surface area contributed by atoms with Gasteiger partial charge >= 0.3 is 0 Å². The van der Waals surface area contributed by atoms with Gasteiger partial charge in [0.15, 0.2) is 6.29 Å². The first-order chi connectivity index (χ1) is 14.2. The Labute approximate surface area is 169 Å². The van der Waals surface area contributed by atoms with Crippen LogP contribution >= 0.6 is 0 Å². The van der Waals surface area contributed by atoms with Crippen molar-refractivity contribution >= 4 is 0 Å². The molecule has 0 bridgehead atoms. The van der Waals surface area contributed by atoms with E-state index >= 15 is 0 Å². The van der Waals surface area contributed by atoms with E-state index in [0.717, 1.165) is 31.6 Å². The van der Waals surface area contributed by atoms with Crippen LogP contribution in [0.5, 0.6) is 5.75 Å². The third-order valence-corrected chi connectivity index (χ3v) is 5.35. The zero-order valence-corrected chi connectivity index (χ0v) is 16.5. The van der Waals surface area contributed by atoms with Gasteiger partial charge in [-0.15, -0.1) is 5.10 Å². The molecule has 2 saturated carbocycles. The van der Waals surface area contributed by atoms with E-state index in [2.05, 4.69) is 27.1 Å². The first kappa shape index (κ1) is 18.6. The molecule has 8 heteroatoms. The Kier molecular flexibility index (Phi) is 4.96. The Hall–Kier alpha value is -2.47. The molecule has 1 spiro atoms. The molecule has 8 nitrogen and oxygen atoms in total. The maximum Gasteiger partial charge on any atom is 0.177 e. The largest absolute Gasteiger partial charge is 0.488 e. The third-order valence-electron chi connectivity index (χ3n) is 5.35. The number of rotatable bonds is 6. The number of hydrogen-bond acceptors (Lipinski definition) is 7. The van der Waals surface area contributed by atoms with Gasteiger partial charge in [0.2, 0.25) is 0 Å².